The molecular formula is C12H12ClN3O2. The first kappa shape index (κ1) is 12.4. The molecular weight excluding hydrogens is 254 g/mol. The quantitative estimate of drug-likeness (QED) is 0.845. The number of nitrogen functional groups attached to an aromatic ring is 1. The number of nitrogens with two attached hydrogens (primary N) is 1. The highest BCUT2D eigenvalue weighted by Gasteiger charge is 2.17. The minimum Gasteiger partial charge on any atom is -0.464 e. The van der Waals surface area contributed by atoms with E-state index < -0.39 is 5.97 Å². The van der Waals surface area contributed by atoms with Crippen LogP contribution in [0.4, 0.5) is 5.82 Å². The molecule has 2 N–H and O–H groups in total. The molecule has 0 bridgehead atoms. The van der Waals surface area contributed by atoms with E-state index in [2.05, 4.69) is 9.72 Å². The fourth-order valence-corrected chi connectivity index (χ4v) is 1.83. The minimum absolute atomic E-state index is 0.0943. The second kappa shape index (κ2) is 4.70. The molecule has 1 heterocycles. The predicted octanol–water partition coefficient (Wildman–Crippen LogP) is 2.20. The second-order valence-electron chi connectivity index (χ2n) is 3.72. The van der Waals surface area contributed by atoms with Crippen molar-refractivity contribution in [3.8, 4) is 5.69 Å². The molecule has 2 aromatic rings. The van der Waals surface area contributed by atoms with Gasteiger partial charge in [0.15, 0.2) is 5.69 Å². The van der Waals surface area contributed by atoms with Gasteiger partial charge in [-0.05, 0) is 24.6 Å². The van der Waals surface area contributed by atoms with E-state index in [9.17, 15) is 4.79 Å². The Hall–Kier alpha value is -2.01. The Bertz CT molecular complexity index is 607. The van der Waals surface area contributed by atoms with Crippen molar-refractivity contribution in [2.75, 3.05) is 12.8 Å². The first-order valence-electron chi connectivity index (χ1n) is 5.23. The molecule has 6 heteroatoms. The summed E-state index contributed by atoms with van der Waals surface area (Å²) in [6, 6.07) is 5.44. The summed E-state index contributed by atoms with van der Waals surface area (Å²) >= 11 is 6.05. The Labute approximate surface area is 109 Å². The van der Waals surface area contributed by atoms with Gasteiger partial charge in [0.25, 0.3) is 0 Å². The van der Waals surface area contributed by atoms with Crippen molar-refractivity contribution in [3.05, 3.63) is 40.8 Å². The van der Waals surface area contributed by atoms with Gasteiger partial charge in [-0.25, -0.2) is 9.78 Å². The first-order valence-corrected chi connectivity index (χ1v) is 5.60. The number of imidazole rings is 1. The normalized spacial score (nSPS) is 10.4. The van der Waals surface area contributed by atoms with Crippen molar-refractivity contribution in [1.82, 2.24) is 9.55 Å². The van der Waals surface area contributed by atoms with Crippen molar-refractivity contribution in [3.63, 3.8) is 0 Å². The summed E-state index contributed by atoms with van der Waals surface area (Å²) in [5.41, 5.74) is 7.62. The molecule has 2 rings (SSSR count). The van der Waals surface area contributed by atoms with Gasteiger partial charge >= 0.3 is 5.97 Å². The van der Waals surface area contributed by atoms with Gasteiger partial charge in [0.1, 0.15) is 12.1 Å². The standard InChI is InChI=1S/C12H12ClN3O2/c1-7-8(13)4-3-5-9(7)16-6-15-10(11(16)14)12(17)18-2/h3-6H,14H2,1-2H3. The van der Waals surface area contributed by atoms with Gasteiger partial charge in [-0.3, -0.25) is 4.57 Å². The maximum Gasteiger partial charge on any atom is 0.360 e. The van der Waals surface area contributed by atoms with Crippen LogP contribution in [0.1, 0.15) is 16.1 Å². The molecule has 0 aliphatic rings. The number of methoxy groups -OCH3 is 1. The molecule has 0 radical (unpaired) electrons. The molecule has 18 heavy (non-hydrogen) atoms. The van der Waals surface area contributed by atoms with E-state index in [1.807, 2.05) is 19.1 Å². The monoisotopic (exact) mass is 265 g/mol. The number of nitrogens with zero attached hydrogens (tertiary/aromatic N) is 2. The van der Waals surface area contributed by atoms with Gasteiger partial charge in [0, 0.05) is 5.02 Å². The van der Waals surface area contributed by atoms with Gasteiger partial charge < -0.3 is 10.5 Å². The van der Waals surface area contributed by atoms with Crippen molar-refractivity contribution in [2.45, 2.75) is 6.92 Å². The van der Waals surface area contributed by atoms with Crippen molar-refractivity contribution < 1.29 is 9.53 Å². The summed E-state index contributed by atoms with van der Waals surface area (Å²) in [7, 11) is 1.28. The van der Waals surface area contributed by atoms with Crippen LogP contribution in [-0.4, -0.2) is 22.6 Å². The number of carbonyl (C=O) groups excluding carboxylic acids is 1. The molecule has 0 fully saturated rings. The van der Waals surface area contributed by atoms with Gasteiger partial charge in [0.2, 0.25) is 0 Å². The summed E-state index contributed by atoms with van der Waals surface area (Å²) in [5.74, 6) is -0.335. The molecule has 0 unspecified atom stereocenters. The molecule has 1 aromatic heterocycles. The highest BCUT2D eigenvalue weighted by molar-refractivity contribution is 6.31. The topological polar surface area (TPSA) is 70.1 Å². The predicted molar refractivity (Wildman–Crippen MR) is 69.1 cm³/mol. The maximum absolute atomic E-state index is 11.4. The lowest BCUT2D eigenvalue weighted by atomic mass is 10.2. The highest BCUT2D eigenvalue weighted by atomic mass is 35.5. The fourth-order valence-electron chi connectivity index (χ4n) is 1.66. The molecule has 0 atom stereocenters. The van der Waals surface area contributed by atoms with Crippen LogP contribution in [0.15, 0.2) is 24.5 Å². The van der Waals surface area contributed by atoms with Crippen molar-refractivity contribution in [2.24, 2.45) is 0 Å². The zero-order valence-corrected chi connectivity index (χ0v) is 10.7. The third kappa shape index (κ3) is 1.93. The number of hydrogen-bond acceptors (Lipinski definition) is 4. The van der Waals surface area contributed by atoms with Crippen LogP contribution in [0.2, 0.25) is 5.02 Å². The summed E-state index contributed by atoms with van der Waals surface area (Å²) in [6.45, 7) is 1.87. The van der Waals surface area contributed by atoms with Crippen LogP contribution in [-0.2, 0) is 4.74 Å². The number of benzene rings is 1. The molecule has 0 saturated heterocycles. The molecule has 0 spiro atoms. The molecule has 0 amide bonds. The fraction of sp³-hybridized carbons (Fsp3) is 0.167. The van der Waals surface area contributed by atoms with Crippen LogP contribution in [0.3, 0.4) is 0 Å². The van der Waals surface area contributed by atoms with E-state index in [1.54, 1.807) is 10.6 Å². The SMILES string of the molecule is COC(=O)c1ncn(-c2cccc(Cl)c2C)c1N. The largest absolute Gasteiger partial charge is 0.464 e. The van der Waals surface area contributed by atoms with Crippen LogP contribution in [0, 0.1) is 6.92 Å². The van der Waals surface area contributed by atoms with Crippen LogP contribution in [0.25, 0.3) is 5.69 Å². The first-order chi connectivity index (χ1) is 8.56. The summed E-state index contributed by atoms with van der Waals surface area (Å²) in [6.07, 6.45) is 1.47. The Morgan fingerprint density at radius 2 is 2.22 bits per heavy atom. The Morgan fingerprint density at radius 3 is 2.89 bits per heavy atom. The van der Waals surface area contributed by atoms with Crippen LogP contribution >= 0.6 is 11.6 Å². The number of halogens is 1. The Kier molecular flexibility index (Phi) is 3.25. The number of carbonyl (C=O) groups is 1. The molecule has 0 aliphatic heterocycles. The average molecular weight is 266 g/mol. The smallest absolute Gasteiger partial charge is 0.360 e. The maximum atomic E-state index is 11.4. The number of ether oxygens (including phenoxy) is 1. The van der Waals surface area contributed by atoms with E-state index in [0.717, 1.165) is 11.3 Å². The van der Waals surface area contributed by atoms with Crippen molar-refractivity contribution >= 4 is 23.4 Å². The lowest BCUT2D eigenvalue weighted by molar-refractivity contribution is 0.0596. The van der Waals surface area contributed by atoms with Gasteiger partial charge in [-0.2, -0.15) is 0 Å². The summed E-state index contributed by atoms with van der Waals surface area (Å²) < 4.78 is 6.20. The Morgan fingerprint density at radius 1 is 1.50 bits per heavy atom. The molecule has 94 valence electrons. The van der Waals surface area contributed by atoms with Gasteiger partial charge in [0.05, 0.1) is 12.8 Å². The number of aromatic nitrogens is 2. The summed E-state index contributed by atoms with van der Waals surface area (Å²) in [5, 5.41) is 0.625. The molecule has 0 aliphatic carbocycles. The van der Waals surface area contributed by atoms with E-state index in [-0.39, 0.29) is 11.5 Å². The Balaban J connectivity index is 2.56. The average Bonchev–Trinajstić information content (AvgIpc) is 2.74. The van der Waals surface area contributed by atoms with E-state index in [1.165, 1.54) is 13.4 Å². The summed E-state index contributed by atoms with van der Waals surface area (Å²) in [4.78, 5) is 15.4. The number of esters is 1. The van der Waals surface area contributed by atoms with Crippen LogP contribution in [0.5, 0.6) is 0 Å². The molecule has 0 saturated carbocycles. The molecule has 5 nitrogen and oxygen atoms in total. The third-order valence-corrected chi connectivity index (χ3v) is 3.09. The second-order valence-corrected chi connectivity index (χ2v) is 4.13. The van der Waals surface area contributed by atoms with E-state index in [0.29, 0.717) is 5.02 Å². The zero-order valence-electron chi connectivity index (χ0n) is 9.98. The van der Waals surface area contributed by atoms with E-state index >= 15 is 0 Å². The van der Waals surface area contributed by atoms with Crippen LogP contribution < -0.4 is 5.73 Å². The van der Waals surface area contributed by atoms with E-state index in [4.69, 9.17) is 17.3 Å². The number of rotatable bonds is 2. The van der Waals surface area contributed by atoms with Crippen molar-refractivity contribution in [1.29, 1.82) is 0 Å². The van der Waals surface area contributed by atoms with Gasteiger partial charge in [-0.15, -0.1) is 0 Å². The number of anilines is 1. The third-order valence-electron chi connectivity index (χ3n) is 2.68. The lowest BCUT2D eigenvalue weighted by Crippen LogP contribution is -2.08. The molecule has 1 aromatic carbocycles. The minimum atomic E-state index is -0.564. The highest BCUT2D eigenvalue weighted by Crippen LogP contribution is 2.25. The number of hydrogen-bond donors (Lipinski definition) is 1. The lowest BCUT2D eigenvalue weighted by Gasteiger charge is -2.09. The van der Waals surface area contributed by atoms with Gasteiger partial charge in [-0.1, -0.05) is 17.7 Å². The zero-order chi connectivity index (χ0) is 13.3.